The molecule has 3 heteroatoms. The van der Waals surface area contributed by atoms with E-state index in [9.17, 15) is 4.79 Å². The predicted molar refractivity (Wildman–Crippen MR) is 67.6 cm³/mol. The van der Waals surface area contributed by atoms with Crippen molar-refractivity contribution in [3.8, 4) is 0 Å². The molecule has 0 radical (unpaired) electrons. The molecule has 3 rings (SSSR count). The number of ketones is 1. The van der Waals surface area contributed by atoms with Crippen molar-refractivity contribution in [2.75, 3.05) is 0 Å². The summed E-state index contributed by atoms with van der Waals surface area (Å²) < 4.78 is 1.08. The number of benzene rings is 1. The summed E-state index contributed by atoms with van der Waals surface area (Å²) in [6.45, 7) is 0. The monoisotopic (exact) mass is 277 g/mol. The molecule has 1 aromatic heterocycles. The highest BCUT2D eigenvalue weighted by molar-refractivity contribution is 9.10. The third-order valence-electron chi connectivity index (χ3n) is 3.38. The van der Waals surface area contributed by atoms with Gasteiger partial charge in [0.1, 0.15) is 5.78 Å². The van der Waals surface area contributed by atoms with Crippen LogP contribution in [0.15, 0.2) is 28.9 Å². The van der Waals surface area contributed by atoms with Crippen molar-refractivity contribution in [2.45, 2.75) is 25.2 Å². The van der Waals surface area contributed by atoms with Gasteiger partial charge in [-0.1, -0.05) is 12.1 Å². The van der Waals surface area contributed by atoms with Gasteiger partial charge in [-0.05, 0) is 39.9 Å². The van der Waals surface area contributed by atoms with E-state index < -0.39 is 0 Å². The van der Waals surface area contributed by atoms with Crippen molar-refractivity contribution in [1.82, 2.24) is 4.98 Å². The molecule has 2 aromatic rings. The molecule has 16 heavy (non-hydrogen) atoms. The van der Waals surface area contributed by atoms with Gasteiger partial charge in [0.25, 0.3) is 0 Å². The number of carbonyl (C=O) groups excluding carboxylic acids is 1. The largest absolute Gasteiger partial charge is 0.360 e. The Morgan fingerprint density at radius 1 is 1.38 bits per heavy atom. The van der Waals surface area contributed by atoms with Crippen LogP contribution in [0, 0.1) is 0 Å². The highest BCUT2D eigenvalue weighted by atomic mass is 79.9. The van der Waals surface area contributed by atoms with Crippen LogP contribution in [0.2, 0.25) is 0 Å². The Labute approximate surface area is 102 Å². The number of H-pyrrole nitrogens is 1. The molecular formula is C13H12BrNO. The van der Waals surface area contributed by atoms with E-state index in [-0.39, 0.29) is 0 Å². The van der Waals surface area contributed by atoms with E-state index in [1.54, 1.807) is 0 Å². The molecule has 1 aliphatic rings. The van der Waals surface area contributed by atoms with Crippen molar-refractivity contribution in [2.24, 2.45) is 0 Å². The molecule has 0 spiro atoms. The minimum atomic E-state index is 0.398. The van der Waals surface area contributed by atoms with E-state index in [0.717, 1.165) is 22.8 Å². The summed E-state index contributed by atoms with van der Waals surface area (Å²) in [4.78, 5) is 14.6. The number of halogens is 1. The number of aromatic amines is 1. The fraction of sp³-hybridized carbons (Fsp3) is 0.308. The molecule has 82 valence electrons. The molecule has 0 bridgehead atoms. The summed E-state index contributed by atoms with van der Waals surface area (Å²) in [7, 11) is 0. The first kappa shape index (κ1) is 10.1. The van der Waals surface area contributed by atoms with Crippen LogP contribution in [0.3, 0.4) is 0 Å². The summed E-state index contributed by atoms with van der Waals surface area (Å²) in [5.74, 6) is 0.810. The van der Waals surface area contributed by atoms with Crippen molar-refractivity contribution >= 4 is 32.6 Å². The lowest BCUT2D eigenvalue weighted by Gasteiger charge is -2.06. The third kappa shape index (κ3) is 1.50. The summed E-state index contributed by atoms with van der Waals surface area (Å²) >= 11 is 3.53. The minimum Gasteiger partial charge on any atom is -0.360 e. The first-order chi connectivity index (χ1) is 7.75. The van der Waals surface area contributed by atoms with E-state index in [1.165, 1.54) is 10.9 Å². The number of rotatable bonds is 1. The number of Topliss-reactive ketones (excluding diaryl/α,β-unsaturated/α-hetero) is 1. The van der Waals surface area contributed by atoms with Crippen LogP contribution in [0.25, 0.3) is 10.9 Å². The summed E-state index contributed by atoms with van der Waals surface area (Å²) in [5.41, 5.74) is 2.43. The van der Waals surface area contributed by atoms with Gasteiger partial charge in [-0.3, -0.25) is 4.79 Å². The Balaban J connectivity index is 2.11. The topological polar surface area (TPSA) is 32.9 Å². The molecule has 1 atom stereocenters. The number of fused-ring (bicyclic) bond motifs is 1. The van der Waals surface area contributed by atoms with Gasteiger partial charge in [-0.15, -0.1) is 0 Å². The van der Waals surface area contributed by atoms with Crippen LogP contribution >= 0.6 is 15.9 Å². The number of para-hydroxylation sites is 1. The first-order valence-corrected chi connectivity index (χ1v) is 6.32. The van der Waals surface area contributed by atoms with Gasteiger partial charge in [-0.2, -0.15) is 0 Å². The van der Waals surface area contributed by atoms with Crippen LogP contribution in [-0.2, 0) is 4.79 Å². The second-order valence-electron chi connectivity index (χ2n) is 4.38. The van der Waals surface area contributed by atoms with E-state index in [2.05, 4.69) is 33.2 Å². The molecule has 1 unspecified atom stereocenters. The molecule has 1 saturated carbocycles. The summed E-state index contributed by atoms with van der Waals surface area (Å²) in [5, 5.41) is 1.24. The zero-order chi connectivity index (χ0) is 11.1. The van der Waals surface area contributed by atoms with Crippen LogP contribution in [-0.4, -0.2) is 10.8 Å². The normalized spacial score (nSPS) is 20.8. The zero-order valence-corrected chi connectivity index (χ0v) is 10.4. The average molecular weight is 278 g/mol. The molecular weight excluding hydrogens is 266 g/mol. The maximum Gasteiger partial charge on any atom is 0.133 e. The Kier molecular flexibility index (Phi) is 2.36. The number of nitrogens with one attached hydrogen (secondary N) is 1. The van der Waals surface area contributed by atoms with Crippen molar-refractivity contribution in [3.05, 3.63) is 34.4 Å². The second kappa shape index (κ2) is 3.74. The molecule has 1 heterocycles. The lowest BCUT2D eigenvalue weighted by Crippen LogP contribution is -1.92. The number of aromatic nitrogens is 1. The first-order valence-electron chi connectivity index (χ1n) is 5.53. The number of carbonyl (C=O) groups is 1. The number of hydrogen-bond donors (Lipinski definition) is 1. The average Bonchev–Trinajstić information content (AvgIpc) is 2.84. The lowest BCUT2D eigenvalue weighted by atomic mass is 9.97. The van der Waals surface area contributed by atoms with Gasteiger partial charge < -0.3 is 4.98 Å². The Morgan fingerprint density at radius 3 is 3.00 bits per heavy atom. The smallest absolute Gasteiger partial charge is 0.133 e. The van der Waals surface area contributed by atoms with E-state index in [1.807, 2.05) is 12.1 Å². The van der Waals surface area contributed by atoms with Gasteiger partial charge in [0.15, 0.2) is 0 Å². The van der Waals surface area contributed by atoms with Crippen LogP contribution in [0.4, 0.5) is 0 Å². The van der Waals surface area contributed by atoms with Crippen LogP contribution in [0.5, 0.6) is 0 Å². The van der Waals surface area contributed by atoms with E-state index >= 15 is 0 Å². The van der Waals surface area contributed by atoms with E-state index in [4.69, 9.17) is 0 Å². The van der Waals surface area contributed by atoms with Gasteiger partial charge in [-0.25, -0.2) is 0 Å². The molecule has 2 nitrogen and oxygen atoms in total. The molecule has 1 aromatic carbocycles. The predicted octanol–water partition coefficient (Wildman–Crippen LogP) is 3.77. The van der Waals surface area contributed by atoms with Crippen molar-refractivity contribution < 1.29 is 4.79 Å². The summed E-state index contributed by atoms with van der Waals surface area (Å²) in [6, 6.07) is 6.19. The molecule has 0 aliphatic heterocycles. The van der Waals surface area contributed by atoms with Gasteiger partial charge in [0.2, 0.25) is 0 Å². The van der Waals surface area contributed by atoms with E-state index in [0.29, 0.717) is 18.1 Å². The Morgan fingerprint density at radius 2 is 2.25 bits per heavy atom. The minimum absolute atomic E-state index is 0.398. The molecule has 1 aliphatic carbocycles. The second-order valence-corrected chi connectivity index (χ2v) is 5.24. The van der Waals surface area contributed by atoms with Gasteiger partial charge >= 0.3 is 0 Å². The SMILES string of the molecule is O=C1CCC(c2c[nH]c3c(Br)cccc23)C1. The van der Waals surface area contributed by atoms with Crippen molar-refractivity contribution in [3.63, 3.8) is 0 Å². The van der Waals surface area contributed by atoms with Crippen molar-refractivity contribution in [1.29, 1.82) is 0 Å². The molecule has 1 fully saturated rings. The van der Waals surface area contributed by atoms with Crippen LogP contribution < -0.4 is 0 Å². The molecule has 0 amide bonds. The highest BCUT2D eigenvalue weighted by Gasteiger charge is 2.25. The van der Waals surface area contributed by atoms with Gasteiger partial charge in [0.05, 0.1) is 5.52 Å². The molecule has 1 N–H and O–H groups in total. The Hall–Kier alpha value is -1.09. The standard InChI is InChI=1S/C13H12BrNO/c14-12-3-1-2-10-11(7-15-13(10)12)8-4-5-9(16)6-8/h1-3,7-8,15H,4-6H2. The summed E-state index contributed by atoms with van der Waals surface area (Å²) in [6.07, 6.45) is 4.50. The fourth-order valence-corrected chi connectivity index (χ4v) is 3.04. The highest BCUT2D eigenvalue weighted by Crippen LogP contribution is 2.37. The lowest BCUT2D eigenvalue weighted by molar-refractivity contribution is -0.117. The Bertz CT molecular complexity index is 558. The number of hydrogen-bond acceptors (Lipinski definition) is 1. The zero-order valence-electron chi connectivity index (χ0n) is 8.79. The molecule has 0 saturated heterocycles. The maximum atomic E-state index is 11.3. The maximum absolute atomic E-state index is 11.3. The van der Waals surface area contributed by atoms with Crippen LogP contribution in [0.1, 0.15) is 30.7 Å². The van der Waals surface area contributed by atoms with Gasteiger partial charge in [0, 0.05) is 28.9 Å². The quantitative estimate of drug-likeness (QED) is 0.846. The fourth-order valence-electron chi connectivity index (χ4n) is 2.56. The third-order valence-corrected chi connectivity index (χ3v) is 4.04.